The van der Waals surface area contributed by atoms with Crippen LogP contribution in [0.4, 0.5) is 5.69 Å². The maximum Gasteiger partial charge on any atom is 0.256 e. The minimum absolute atomic E-state index is 0.0217. The predicted molar refractivity (Wildman–Crippen MR) is 123 cm³/mol. The molecule has 0 unspecified atom stereocenters. The second-order valence-electron chi connectivity index (χ2n) is 6.93. The van der Waals surface area contributed by atoms with Crippen molar-refractivity contribution in [3.8, 4) is 22.9 Å². The average molecular weight is 450 g/mol. The standard InChI is InChI=1S/C24H23N3O4S/c1-3-27(4-2)32(30,31)18-13-14-23(28)22(15-18)26-24(29)21-12-8-7-11-20(21)19-10-6-5-9-17(19)16-25/h5-15,28H,3-4H2,1-2H3,(H,26,29). The van der Waals surface area contributed by atoms with Gasteiger partial charge in [0.05, 0.1) is 22.2 Å². The molecule has 0 heterocycles. The van der Waals surface area contributed by atoms with Gasteiger partial charge in [0.1, 0.15) is 5.75 Å². The highest BCUT2D eigenvalue weighted by Crippen LogP contribution is 2.31. The summed E-state index contributed by atoms with van der Waals surface area (Å²) in [6, 6.07) is 19.6. The third-order valence-corrected chi connectivity index (χ3v) is 7.11. The number of benzene rings is 3. The summed E-state index contributed by atoms with van der Waals surface area (Å²) in [7, 11) is -3.77. The molecule has 0 aliphatic rings. The van der Waals surface area contributed by atoms with Gasteiger partial charge >= 0.3 is 0 Å². The molecule has 0 aliphatic heterocycles. The maximum atomic E-state index is 13.1. The van der Waals surface area contributed by atoms with Gasteiger partial charge in [-0.3, -0.25) is 4.79 Å². The molecule has 0 bridgehead atoms. The molecule has 8 heteroatoms. The third kappa shape index (κ3) is 4.49. The largest absolute Gasteiger partial charge is 0.506 e. The first-order valence-corrected chi connectivity index (χ1v) is 11.5. The van der Waals surface area contributed by atoms with Crippen molar-refractivity contribution < 1.29 is 18.3 Å². The Labute approximate surface area is 187 Å². The SMILES string of the molecule is CCN(CC)S(=O)(=O)c1ccc(O)c(NC(=O)c2ccccc2-c2ccccc2C#N)c1. The molecule has 0 fully saturated rings. The van der Waals surface area contributed by atoms with Gasteiger partial charge in [-0.1, -0.05) is 50.2 Å². The number of phenolic OH excluding ortho intramolecular Hbond substituents is 1. The van der Waals surface area contributed by atoms with Crippen molar-refractivity contribution in [3.05, 3.63) is 77.9 Å². The van der Waals surface area contributed by atoms with Crippen LogP contribution in [0.15, 0.2) is 71.6 Å². The van der Waals surface area contributed by atoms with E-state index in [1.807, 2.05) is 0 Å². The normalized spacial score (nSPS) is 11.2. The van der Waals surface area contributed by atoms with E-state index in [9.17, 15) is 23.6 Å². The number of hydrogen-bond acceptors (Lipinski definition) is 5. The molecule has 0 spiro atoms. The van der Waals surface area contributed by atoms with E-state index in [4.69, 9.17) is 0 Å². The van der Waals surface area contributed by atoms with E-state index in [2.05, 4.69) is 11.4 Å². The van der Waals surface area contributed by atoms with Gasteiger partial charge < -0.3 is 10.4 Å². The van der Waals surface area contributed by atoms with Crippen LogP contribution in [0, 0.1) is 11.3 Å². The molecule has 3 aromatic rings. The topological polar surface area (TPSA) is 110 Å². The van der Waals surface area contributed by atoms with Crippen LogP contribution in [-0.4, -0.2) is 36.8 Å². The molecule has 0 aliphatic carbocycles. The van der Waals surface area contributed by atoms with Crippen LogP contribution < -0.4 is 5.32 Å². The van der Waals surface area contributed by atoms with Gasteiger partial charge in [0, 0.05) is 24.2 Å². The van der Waals surface area contributed by atoms with Crippen molar-refractivity contribution in [1.82, 2.24) is 4.31 Å². The van der Waals surface area contributed by atoms with Crippen molar-refractivity contribution >= 4 is 21.6 Å². The summed E-state index contributed by atoms with van der Waals surface area (Å²) in [4.78, 5) is 13.1. The Bertz CT molecular complexity index is 1290. The van der Waals surface area contributed by atoms with E-state index in [1.54, 1.807) is 62.4 Å². The zero-order valence-electron chi connectivity index (χ0n) is 17.7. The van der Waals surface area contributed by atoms with E-state index in [-0.39, 0.29) is 21.9 Å². The van der Waals surface area contributed by atoms with Crippen molar-refractivity contribution in [2.75, 3.05) is 18.4 Å². The molecular weight excluding hydrogens is 426 g/mol. The molecule has 7 nitrogen and oxygen atoms in total. The van der Waals surface area contributed by atoms with E-state index < -0.39 is 15.9 Å². The smallest absolute Gasteiger partial charge is 0.256 e. The number of amides is 1. The molecule has 1 amide bonds. The summed E-state index contributed by atoms with van der Waals surface area (Å²) in [6.07, 6.45) is 0. The lowest BCUT2D eigenvalue weighted by atomic mass is 9.95. The molecule has 32 heavy (non-hydrogen) atoms. The van der Waals surface area contributed by atoms with Crippen LogP contribution in [0.3, 0.4) is 0 Å². The minimum atomic E-state index is -3.77. The second kappa shape index (κ2) is 9.64. The highest BCUT2D eigenvalue weighted by Gasteiger charge is 2.23. The maximum absolute atomic E-state index is 13.1. The van der Waals surface area contributed by atoms with Gasteiger partial charge in [-0.2, -0.15) is 9.57 Å². The van der Waals surface area contributed by atoms with Gasteiger partial charge in [-0.25, -0.2) is 8.42 Å². The van der Waals surface area contributed by atoms with Gasteiger partial charge in [-0.05, 0) is 35.9 Å². The lowest BCUT2D eigenvalue weighted by Crippen LogP contribution is -2.30. The number of carbonyl (C=O) groups is 1. The van der Waals surface area contributed by atoms with Crippen molar-refractivity contribution in [2.24, 2.45) is 0 Å². The quantitative estimate of drug-likeness (QED) is 0.525. The summed E-state index contributed by atoms with van der Waals surface area (Å²) < 4.78 is 26.9. The third-order valence-electron chi connectivity index (χ3n) is 5.07. The van der Waals surface area contributed by atoms with Crippen LogP contribution in [0.25, 0.3) is 11.1 Å². The number of nitrogens with zero attached hydrogens (tertiary/aromatic N) is 2. The number of rotatable bonds is 7. The van der Waals surface area contributed by atoms with Gasteiger partial charge in [-0.15, -0.1) is 0 Å². The Hall–Kier alpha value is -3.67. The summed E-state index contributed by atoms with van der Waals surface area (Å²) >= 11 is 0. The monoisotopic (exact) mass is 449 g/mol. The molecule has 0 saturated carbocycles. The average Bonchev–Trinajstić information content (AvgIpc) is 2.81. The first-order valence-electron chi connectivity index (χ1n) is 10.1. The van der Waals surface area contributed by atoms with Crippen LogP contribution in [0.1, 0.15) is 29.8 Å². The molecule has 164 valence electrons. The molecular formula is C24H23N3O4S. The highest BCUT2D eigenvalue weighted by molar-refractivity contribution is 7.89. The zero-order chi connectivity index (χ0) is 23.3. The number of hydrogen-bond donors (Lipinski definition) is 2. The van der Waals surface area contributed by atoms with Crippen molar-refractivity contribution in [1.29, 1.82) is 5.26 Å². The fourth-order valence-corrected chi connectivity index (χ4v) is 4.89. The molecule has 0 aromatic heterocycles. The summed E-state index contributed by atoms with van der Waals surface area (Å²) in [5.74, 6) is -0.798. The van der Waals surface area contributed by atoms with Crippen molar-refractivity contribution in [2.45, 2.75) is 18.7 Å². The minimum Gasteiger partial charge on any atom is -0.506 e. The number of carbonyl (C=O) groups excluding carboxylic acids is 1. The Balaban J connectivity index is 2.00. The Morgan fingerprint density at radius 2 is 1.62 bits per heavy atom. The number of aromatic hydroxyl groups is 1. The Kier molecular flexibility index (Phi) is 6.93. The number of anilines is 1. The van der Waals surface area contributed by atoms with Crippen LogP contribution in [0.5, 0.6) is 5.75 Å². The molecule has 0 radical (unpaired) electrons. The van der Waals surface area contributed by atoms with Gasteiger partial charge in [0.25, 0.3) is 5.91 Å². The number of phenols is 1. The van der Waals surface area contributed by atoms with E-state index in [1.165, 1.54) is 22.5 Å². The lowest BCUT2D eigenvalue weighted by Gasteiger charge is -2.19. The fourth-order valence-electron chi connectivity index (χ4n) is 3.41. The molecule has 2 N–H and O–H groups in total. The molecule has 3 aromatic carbocycles. The van der Waals surface area contributed by atoms with Gasteiger partial charge in [0.15, 0.2) is 0 Å². The Morgan fingerprint density at radius 1 is 1.00 bits per heavy atom. The van der Waals surface area contributed by atoms with Crippen molar-refractivity contribution in [3.63, 3.8) is 0 Å². The first-order chi connectivity index (χ1) is 15.3. The van der Waals surface area contributed by atoms with E-state index >= 15 is 0 Å². The predicted octanol–water partition coefficient (Wildman–Crippen LogP) is 4.21. The summed E-state index contributed by atoms with van der Waals surface area (Å²) in [5.41, 5.74) is 1.83. The summed E-state index contributed by atoms with van der Waals surface area (Å²) in [6.45, 7) is 4.07. The molecule has 0 saturated heterocycles. The van der Waals surface area contributed by atoms with Crippen LogP contribution >= 0.6 is 0 Å². The number of nitriles is 1. The van der Waals surface area contributed by atoms with Gasteiger partial charge in [0.2, 0.25) is 10.0 Å². The number of nitrogens with one attached hydrogen (secondary N) is 1. The second-order valence-corrected chi connectivity index (χ2v) is 8.86. The summed E-state index contributed by atoms with van der Waals surface area (Å²) in [5, 5.41) is 22.3. The first kappa shape index (κ1) is 23.0. The van der Waals surface area contributed by atoms with Crippen LogP contribution in [0.2, 0.25) is 0 Å². The number of sulfonamides is 1. The highest BCUT2D eigenvalue weighted by atomic mass is 32.2. The lowest BCUT2D eigenvalue weighted by molar-refractivity contribution is 0.102. The fraction of sp³-hybridized carbons (Fsp3) is 0.167. The van der Waals surface area contributed by atoms with Crippen LogP contribution in [-0.2, 0) is 10.0 Å². The zero-order valence-corrected chi connectivity index (χ0v) is 18.6. The van der Waals surface area contributed by atoms with E-state index in [0.717, 1.165) is 0 Å². The Morgan fingerprint density at radius 3 is 2.28 bits per heavy atom. The molecule has 0 atom stereocenters. The van der Waals surface area contributed by atoms with E-state index in [0.29, 0.717) is 29.8 Å². The molecule has 3 rings (SSSR count).